The van der Waals surface area contributed by atoms with Crippen molar-refractivity contribution in [1.82, 2.24) is 5.32 Å². The Morgan fingerprint density at radius 3 is 2.86 bits per heavy atom. The van der Waals surface area contributed by atoms with Gasteiger partial charge in [-0.1, -0.05) is 6.92 Å². The van der Waals surface area contributed by atoms with Crippen molar-refractivity contribution >= 4 is 0 Å². The topological polar surface area (TPSA) is 51.2 Å². The van der Waals surface area contributed by atoms with Crippen LogP contribution >= 0.6 is 0 Å². The van der Waals surface area contributed by atoms with Crippen molar-refractivity contribution in [2.75, 3.05) is 13.1 Å². The molecule has 0 aliphatic carbocycles. The molecule has 0 saturated heterocycles. The number of nitrogens with two attached hydrogens (primary N) is 1. The van der Waals surface area contributed by atoms with Crippen LogP contribution in [0.15, 0.2) is 16.5 Å². The Morgan fingerprint density at radius 2 is 2.29 bits per heavy atom. The van der Waals surface area contributed by atoms with Crippen molar-refractivity contribution in [2.24, 2.45) is 11.7 Å². The van der Waals surface area contributed by atoms with E-state index in [0.717, 1.165) is 37.6 Å². The Balaban J connectivity index is 2.10. The molecule has 1 heterocycles. The van der Waals surface area contributed by atoms with Crippen LogP contribution in [0.2, 0.25) is 0 Å². The number of furan rings is 1. The largest absolute Gasteiger partial charge is 0.465 e. The van der Waals surface area contributed by atoms with E-state index in [1.165, 1.54) is 0 Å². The molecule has 3 N–H and O–H groups in total. The predicted molar refractivity (Wildman–Crippen MR) is 58.0 cm³/mol. The van der Waals surface area contributed by atoms with E-state index >= 15 is 0 Å². The molecule has 1 rings (SSSR count). The second kappa shape index (κ2) is 5.83. The Morgan fingerprint density at radius 1 is 1.50 bits per heavy atom. The van der Waals surface area contributed by atoms with Gasteiger partial charge in [0.2, 0.25) is 0 Å². The first-order valence-corrected chi connectivity index (χ1v) is 5.18. The number of rotatable bonds is 6. The highest BCUT2D eigenvalue weighted by Gasteiger charge is 2.00. The molecule has 0 radical (unpaired) electrons. The molecule has 0 aliphatic rings. The summed E-state index contributed by atoms with van der Waals surface area (Å²) < 4.78 is 5.43. The second-order valence-electron chi connectivity index (χ2n) is 3.82. The van der Waals surface area contributed by atoms with Crippen molar-refractivity contribution < 1.29 is 4.42 Å². The van der Waals surface area contributed by atoms with Crippen molar-refractivity contribution in [3.8, 4) is 0 Å². The second-order valence-corrected chi connectivity index (χ2v) is 3.82. The summed E-state index contributed by atoms with van der Waals surface area (Å²) >= 11 is 0. The van der Waals surface area contributed by atoms with E-state index in [1.54, 1.807) is 0 Å². The summed E-state index contributed by atoms with van der Waals surface area (Å²) in [5.41, 5.74) is 5.52. The fourth-order valence-corrected chi connectivity index (χ4v) is 1.26. The molecule has 0 aliphatic heterocycles. The van der Waals surface area contributed by atoms with Gasteiger partial charge in [-0.2, -0.15) is 0 Å². The van der Waals surface area contributed by atoms with E-state index in [-0.39, 0.29) is 0 Å². The fraction of sp³-hybridized carbons (Fsp3) is 0.636. The maximum Gasteiger partial charge on any atom is 0.117 e. The van der Waals surface area contributed by atoms with Crippen molar-refractivity contribution in [3.05, 3.63) is 23.7 Å². The first-order valence-electron chi connectivity index (χ1n) is 5.18. The number of hydrogen-bond donors (Lipinski definition) is 2. The van der Waals surface area contributed by atoms with E-state index in [1.807, 2.05) is 19.1 Å². The molecular weight excluding hydrogens is 176 g/mol. The van der Waals surface area contributed by atoms with E-state index in [9.17, 15) is 0 Å². The van der Waals surface area contributed by atoms with Crippen LogP contribution in [-0.2, 0) is 6.54 Å². The molecule has 1 aromatic rings. The van der Waals surface area contributed by atoms with Crippen LogP contribution in [0.5, 0.6) is 0 Å². The average molecular weight is 196 g/mol. The highest BCUT2D eigenvalue weighted by atomic mass is 16.3. The molecule has 14 heavy (non-hydrogen) atoms. The maximum atomic E-state index is 5.52. The van der Waals surface area contributed by atoms with Crippen LogP contribution in [0.1, 0.15) is 24.9 Å². The van der Waals surface area contributed by atoms with Gasteiger partial charge in [0, 0.05) is 0 Å². The van der Waals surface area contributed by atoms with Gasteiger partial charge in [0.25, 0.3) is 0 Å². The Bertz CT molecular complexity index is 258. The van der Waals surface area contributed by atoms with Gasteiger partial charge < -0.3 is 15.5 Å². The lowest BCUT2D eigenvalue weighted by molar-refractivity contribution is 0.446. The van der Waals surface area contributed by atoms with Gasteiger partial charge in [0.15, 0.2) is 0 Å². The van der Waals surface area contributed by atoms with Crippen LogP contribution in [0.25, 0.3) is 0 Å². The van der Waals surface area contributed by atoms with Crippen LogP contribution in [0.3, 0.4) is 0 Å². The summed E-state index contributed by atoms with van der Waals surface area (Å²) in [7, 11) is 0. The number of nitrogens with one attached hydrogen (secondary N) is 1. The molecule has 3 nitrogen and oxygen atoms in total. The minimum atomic E-state index is 0.598. The highest BCUT2D eigenvalue weighted by Crippen LogP contribution is 2.05. The predicted octanol–water partition coefficient (Wildman–Crippen LogP) is 1.66. The fourth-order valence-electron chi connectivity index (χ4n) is 1.26. The van der Waals surface area contributed by atoms with E-state index in [4.69, 9.17) is 10.2 Å². The molecule has 0 bridgehead atoms. The molecule has 0 fully saturated rings. The third-order valence-corrected chi connectivity index (χ3v) is 2.31. The molecule has 1 unspecified atom stereocenters. The molecule has 80 valence electrons. The lowest BCUT2D eigenvalue weighted by atomic mass is 10.1. The summed E-state index contributed by atoms with van der Waals surface area (Å²) in [6.07, 6.45) is 1.12. The zero-order valence-corrected chi connectivity index (χ0v) is 9.05. The van der Waals surface area contributed by atoms with E-state index in [2.05, 4.69) is 12.2 Å². The lowest BCUT2D eigenvalue weighted by Gasteiger charge is -2.07. The van der Waals surface area contributed by atoms with Crippen molar-refractivity contribution in [3.63, 3.8) is 0 Å². The summed E-state index contributed by atoms with van der Waals surface area (Å²) in [5, 5.41) is 3.33. The zero-order chi connectivity index (χ0) is 10.4. The van der Waals surface area contributed by atoms with Gasteiger partial charge >= 0.3 is 0 Å². The number of hydrogen-bond acceptors (Lipinski definition) is 3. The minimum absolute atomic E-state index is 0.598. The smallest absolute Gasteiger partial charge is 0.117 e. The zero-order valence-electron chi connectivity index (χ0n) is 9.05. The standard InChI is InChI=1S/C11H20N2O/c1-9(7-12)5-6-13-8-11-4-3-10(2)14-11/h3-4,9,13H,5-8,12H2,1-2H3. The Labute approximate surface area is 85.7 Å². The molecule has 0 amide bonds. The summed E-state index contributed by atoms with van der Waals surface area (Å²) in [6, 6.07) is 3.99. The maximum absolute atomic E-state index is 5.52. The van der Waals surface area contributed by atoms with Crippen LogP contribution in [0, 0.1) is 12.8 Å². The summed E-state index contributed by atoms with van der Waals surface area (Å²) in [5.74, 6) is 2.57. The molecule has 1 atom stereocenters. The quantitative estimate of drug-likeness (QED) is 0.680. The summed E-state index contributed by atoms with van der Waals surface area (Å²) in [4.78, 5) is 0. The van der Waals surface area contributed by atoms with Crippen LogP contribution < -0.4 is 11.1 Å². The van der Waals surface area contributed by atoms with E-state index < -0.39 is 0 Å². The first-order chi connectivity index (χ1) is 6.72. The normalized spacial score (nSPS) is 13.1. The molecule has 1 aromatic heterocycles. The molecule has 3 heteroatoms. The lowest BCUT2D eigenvalue weighted by Crippen LogP contribution is -2.20. The SMILES string of the molecule is Cc1ccc(CNCCC(C)CN)o1. The van der Waals surface area contributed by atoms with Gasteiger partial charge in [-0.05, 0) is 44.5 Å². The van der Waals surface area contributed by atoms with Gasteiger partial charge in [-0.25, -0.2) is 0 Å². The monoisotopic (exact) mass is 196 g/mol. The van der Waals surface area contributed by atoms with Gasteiger partial charge in [-0.3, -0.25) is 0 Å². The van der Waals surface area contributed by atoms with Crippen molar-refractivity contribution in [2.45, 2.75) is 26.8 Å². The Hall–Kier alpha value is -0.800. The summed E-state index contributed by atoms with van der Waals surface area (Å²) in [6.45, 7) is 6.70. The molecular formula is C11H20N2O. The average Bonchev–Trinajstić information content (AvgIpc) is 2.58. The van der Waals surface area contributed by atoms with Gasteiger partial charge in [0.05, 0.1) is 6.54 Å². The first kappa shape index (κ1) is 11.3. The minimum Gasteiger partial charge on any atom is -0.465 e. The number of aryl methyl sites for hydroxylation is 1. The van der Waals surface area contributed by atoms with Crippen molar-refractivity contribution in [1.29, 1.82) is 0 Å². The highest BCUT2D eigenvalue weighted by molar-refractivity contribution is 5.04. The molecule has 0 saturated carbocycles. The third kappa shape index (κ3) is 3.94. The van der Waals surface area contributed by atoms with Crippen LogP contribution in [0.4, 0.5) is 0 Å². The molecule has 0 spiro atoms. The van der Waals surface area contributed by atoms with Gasteiger partial charge in [0.1, 0.15) is 11.5 Å². The van der Waals surface area contributed by atoms with E-state index in [0.29, 0.717) is 5.92 Å². The molecule has 0 aromatic carbocycles. The third-order valence-electron chi connectivity index (χ3n) is 2.31. The van der Waals surface area contributed by atoms with Crippen LogP contribution in [-0.4, -0.2) is 13.1 Å². The Kier molecular flexibility index (Phi) is 4.70. The van der Waals surface area contributed by atoms with Gasteiger partial charge in [-0.15, -0.1) is 0 Å².